The van der Waals surface area contributed by atoms with Crippen molar-refractivity contribution in [2.75, 3.05) is 0 Å². The van der Waals surface area contributed by atoms with Crippen LogP contribution in [0.1, 0.15) is 10.4 Å². The van der Waals surface area contributed by atoms with Crippen LogP contribution < -0.4 is 4.74 Å². The van der Waals surface area contributed by atoms with E-state index < -0.39 is 0 Å². The number of benzene rings is 1. The van der Waals surface area contributed by atoms with E-state index >= 15 is 0 Å². The van der Waals surface area contributed by atoms with Crippen molar-refractivity contribution >= 4 is 33.2 Å². The van der Waals surface area contributed by atoms with Gasteiger partial charge >= 0.3 is 5.97 Å². The Balaban J connectivity index is 2.11. The molecule has 0 radical (unpaired) electrons. The largest absolute Gasteiger partial charge is 0.423 e. The van der Waals surface area contributed by atoms with Crippen molar-refractivity contribution in [2.24, 2.45) is 0 Å². The molecule has 1 heterocycles. The molecule has 1 aromatic heterocycles. The summed E-state index contributed by atoms with van der Waals surface area (Å²) in [6.45, 7) is 0. The van der Waals surface area contributed by atoms with Crippen molar-refractivity contribution in [1.29, 1.82) is 0 Å². The van der Waals surface area contributed by atoms with Crippen LogP contribution >= 0.6 is 27.3 Å². The number of thiophene rings is 1. The van der Waals surface area contributed by atoms with Gasteiger partial charge in [-0.15, -0.1) is 11.3 Å². The van der Waals surface area contributed by atoms with E-state index in [4.69, 9.17) is 4.74 Å². The van der Waals surface area contributed by atoms with Gasteiger partial charge in [0.05, 0.1) is 9.35 Å². The van der Waals surface area contributed by atoms with Gasteiger partial charge in [-0.3, -0.25) is 0 Å². The molecule has 15 heavy (non-hydrogen) atoms. The Labute approximate surface area is 99.6 Å². The van der Waals surface area contributed by atoms with E-state index in [0.29, 0.717) is 11.3 Å². The average Bonchev–Trinajstić information content (AvgIpc) is 2.66. The van der Waals surface area contributed by atoms with Gasteiger partial charge in [-0.25, -0.2) is 4.79 Å². The quantitative estimate of drug-likeness (QED) is 0.620. The third-order valence-corrected chi connectivity index (χ3v) is 3.26. The van der Waals surface area contributed by atoms with E-state index in [1.54, 1.807) is 23.6 Å². The molecule has 0 N–H and O–H groups in total. The minimum absolute atomic E-state index is 0.330. The standard InChI is InChI=1S/C11H7BrO2S/c12-10-6-8(7-15-10)11(13)14-9-4-2-1-3-5-9/h1-7H. The van der Waals surface area contributed by atoms with Crippen molar-refractivity contribution in [3.8, 4) is 5.75 Å². The van der Waals surface area contributed by atoms with Gasteiger partial charge in [-0.1, -0.05) is 18.2 Å². The van der Waals surface area contributed by atoms with Crippen LogP contribution in [0.5, 0.6) is 5.75 Å². The van der Waals surface area contributed by atoms with Gasteiger partial charge in [0.25, 0.3) is 0 Å². The van der Waals surface area contributed by atoms with Gasteiger partial charge < -0.3 is 4.74 Å². The van der Waals surface area contributed by atoms with Crippen LogP contribution in [-0.4, -0.2) is 5.97 Å². The van der Waals surface area contributed by atoms with Gasteiger partial charge in [0.2, 0.25) is 0 Å². The zero-order valence-corrected chi connectivity index (χ0v) is 10.0. The Morgan fingerprint density at radius 2 is 2.00 bits per heavy atom. The van der Waals surface area contributed by atoms with Crippen LogP contribution in [0.3, 0.4) is 0 Å². The molecule has 0 amide bonds. The summed E-state index contributed by atoms with van der Waals surface area (Å²) in [4.78, 5) is 11.6. The number of hydrogen-bond acceptors (Lipinski definition) is 3. The Kier molecular flexibility index (Phi) is 3.18. The van der Waals surface area contributed by atoms with Crippen LogP contribution in [-0.2, 0) is 0 Å². The lowest BCUT2D eigenvalue weighted by atomic mass is 10.3. The molecule has 1 aromatic carbocycles. The lowest BCUT2D eigenvalue weighted by Gasteiger charge is -2.01. The first-order valence-corrected chi connectivity index (χ1v) is 5.94. The molecular weight excluding hydrogens is 276 g/mol. The number of halogens is 1. The fraction of sp³-hybridized carbons (Fsp3) is 0. The molecule has 0 aliphatic rings. The molecule has 2 aromatic rings. The molecule has 0 aliphatic carbocycles. The maximum absolute atomic E-state index is 11.6. The third kappa shape index (κ3) is 2.67. The van der Waals surface area contributed by atoms with Gasteiger partial charge in [0, 0.05) is 5.38 Å². The van der Waals surface area contributed by atoms with E-state index in [1.165, 1.54) is 11.3 Å². The number of carbonyl (C=O) groups is 1. The topological polar surface area (TPSA) is 26.3 Å². The molecule has 0 unspecified atom stereocenters. The van der Waals surface area contributed by atoms with Crippen molar-refractivity contribution in [1.82, 2.24) is 0 Å². The van der Waals surface area contributed by atoms with E-state index in [-0.39, 0.29) is 5.97 Å². The SMILES string of the molecule is O=C(Oc1ccccc1)c1csc(Br)c1. The Morgan fingerprint density at radius 3 is 2.60 bits per heavy atom. The van der Waals surface area contributed by atoms with Crippen molar-refractivity contribution in [3.63, 3.8) is 0 Å². The van der Waals surface area contributed by atoms with E-state index in [9.17, 15) is 4.79 Å². The predicted molar refractivity (Wildman–Crippen MR) is 63.4 cm³/mol. The highest BCUT2D eigenvalue weighted by atomic mass is 79.9. The highest BCUT2D eigenvalue weighted by molar-refractivity contribution is 9.11. The maximum atomic E-state index is 11.6. The molecule has 0 aliphatic heterocycles. The zero-order valence-electron chi connectivity index (χ0n) is 7.64. The van der Waals surface area contributed by atoms with Crippen LogP contribution in [0, 0.1) is 0 Å². The van der Waals surface area contributed by atoms with Gasteiger partial charge in [0.15, 0.2) is 0 Å². The molecule has 0 saturated carbocycles. The third-order valence-electron chi connectivity index (χ3n) is 1.76. The van der Waals surface area contributed by atoms with E-state index in [1.807, 2.05) is 18.2 Å². The van der Waals surface area contributed by atoms with E-state index in [0.717, 1.165) is 3.79 Å². The first kappa shape index (κ1) is 10.4. The summed E-state index contributed by atoms with van der Waals surface area (Å²) in [5, 5.41) is 1.76. The van der Waals surface area contributed by atoms with Crippen molar-refractivity contribution < 1.29 is 9.53 Å². The highest BCUT2D eigenvalue weighted by Crippen LogP contribution is 2.22. The molecule has 0 saturated heterocycles. The highest BCUT2D eigenvalue weighted by Gasteiger charge is 2.09. The minimum atomic E-state index is -0.330. The fourth-order valence-electron chi connectivity index (χ4n) is 1.07. The predicted octanol–water partition coefficient (Wildman–Crippen LogP) is 3.73. The average molecular weight is 283 g/mol. The smallest absolute Gasteiger partial charge is 0.344 e. The first-order valence-electron chi connectivity index (χ1n) is 4.27. The minimum Gasteiger partial charge on any atom is -0.423 e. The lowest BCUT2D eigenvalue weighted by molar-refractivity contribution is 0.0735. The number of para-hydroxylation sites is 1. The molecule has 0 atom stereocenters. The number of hydrogen-bond donors (Lipinski definition) is 0. The molecule has 0 spiro atoms. The van der Waals surface area contributed by atoms with Gasteiger partial charge in [-0.2, -0.15) is 0 Å². The summed E-state index contributed by atoms with van der Waals surface area (Å²) in [6.07, 6.45) is 0. The molecule has 0 bridgehead atoms. The van der Waals surface area contributed by atoms with Crippen LogP contribution in [0.25, 0.3) is 0 Å². The maximum Gasteiger partial charge on any atom is 0.344 e. The molecule has 2 nitrogen and oxygen atoms in total. The second-order valence-electron chi connectivity index (χ2n) is 2.84. The molecule has 76 valence electrons. The van der Waals surface area contributed by atoms with Crippen molar-refractivity contribution in [3.05, 3.63) is 51.1 Å². The Hall–Kier alpha value is -1.13. The molecule has 0 fully saturated rings. The zero-order chi connectivity index (χ0) is 10.7. The summed E-state index contributed by atoms with van der Waals surface area (Å²) in [7, 11) is 0. The lowest BCUT2D eigenvalue weighted by Crippen LogP contribution is -2.06. The second-order valence-corrected chi connectivity index (χ2v) is 5.13. The van der Waals surface area contributed by atoms with Gasteiger partial charge in [0.1, 0.15) is 5.75 Å². The number of rotatable bonds is 2. The summed E-state index contributed by atoms with van der Waals surface area (Å²) in [5.41, 5.74) is 0.565. The van der Waals surface area contributed by atoms with Crippen LogP contribution in [0.2, 0.25) is 0 Å². The summed E-state index contributed by atoms with van der Waals surface area (Å²) in [5.74, 6) is 0.230. The van der Waals surface area contributed by atoms with E-state index in [2.05, 4.69) is 15.9 Å². The first-order chi connectivity index (χ1) is 7.25. The number of ether oxygens (including phenoxy) is 1. The van der Waals surface area contributed by atoms with Crippen molar-refractivity contribution in [2.45, 2.75) is 0 Å². The van der Waals surface area contributed by atoms with Crippen LogP contribution in [0.15, 0.2) is 45.6 Å². The summed E-state index contributed by atoms with van der Waals surface area (Å²) < 4.78 is 6.08. The Morgan fingerprint density at radius 1 is 1.27 bits per heavy atom. The number of carbonyl (C=O) groups excluding carboxylic acids is 1. The van der Waals surface area contributed by atoms with Crippen LogP contribution in [0.4, 0.5) is 0 Å². The monoisotopic (exact) mass is 282 g/mol. The normalized spacial score (nSPS) is 9.93. The Bertz CT molecular complexity index is 464. The fourth-order valence-corrected chi connectivity index (χ4v) is 2.20. The molecular formula is C11H7BrO2S. The van der Waals surface area contributed by atoms with Gasteiger partial charge in [-0.05, 0) is 34.1 Å². The molecule has 2 rings (SSSR count). The molecule has 4 heteroatoms. The summed E-state index contributed by atoms with van der Waals surface area (Å²) in [6, 6.07) is 10.8. The summed E-state index contributed by atoms with van der Waals surface area (Å²) >= 11 is 4.76. The number of esters is 1. The second kappa shape index (κ2) is 4.59.